The van der Waals surface area contributed by atoms with E-state index in [0.29, 0.717) is 0 Å². The number of aryl methyl sites for hydroxylation is 1. The summed E-state index contributed by atoms with van der Waals surface area (Å²) in [6.07, 6.45) is 12.5. The number of unbranched alkanes of at least 4 members (excludes halogenated alkanes) is 7. The van der Waals surface area contributed by atoms with E-state index < -0.39 is 0 Å². The van der Waals surface area contributed by atoms with Crippen LogP contribution in [0.4, 0.5) is 0 Å². The summed E-state index contributed by atoms with van der Waals surface area (Å²) >= 11 is 0. The Kier molecular flexibility index (Phi) is 42.7. The van der Waals surface area contributed by atoms with Gasteiger partial charge in [0.2, 0.25) is 0 Å². The van der Waals surface area contributed by atoms with Gasteiger partial charge in [0.25, 0.3) is 0 Å². The van der Waals surface area contributed by atoms with E-state index in [2.05, 4.69) is 57.2 Å². The van der Waals surface area contributed by atoms with Crippen LogP contribution in [0.2, 0.25) is 0 Å². The van der Waals surface area contributed by atoms with Crippen molar-refractivity contribution < 1.29 is 31.3 Å². The maximum absolute atomic E-state index is 7.50. The second kappa shape index (κ2) is 32.8. The van der Waals surface area contributed by atoms with Crippen LogP contribution in [0.3, 0.4) is 0 Å². The molecule has 0 heterocycles. The van der Waals surface area contributed by atoms with Gasteiger partial charge in [-0.2, -0.15) is 0 Å². The van der Waals surface area contributed by atoms with Crippen LogP contribution in [0, 0.1) is 20.0 Å². The van der Waals surface area contributed by atoms with Crippen molar-refractivity contribution in [3.05, 3.63) is 55.8 Å². The average Bonchev–Trinajstić information content (AvgIpc) is 2.63. The van der Waals surface area contributed by atoms with E-state index in [1.165, 1.54) is 63.4 Å². The molecule has 4 heteroatoms. The van der Waals surface area contributed by atoms with Crippen molar-refractivity contribution in [2.75, 3.05) is 0 Å². The Morgan fingerprint density at radius 2 is 1.04 bits per heavy atom. The summed E-state index contributed by atoms with van der Waals surface area (Å²) in [5, 5.41) is 0. The Hall–Kier alpha value is -1.03. The van der Waals surface area contributed by atoms with Crippen molar-refractivity contribution in [1.82, 2.24) is 0 Å². The second-order valence-corrected chi connectivity index (χ2v) is 4.71. The minimum atomic E-state index is 0. The van der Waals surface area contributed by atoms with Crippen LogP contribution < -0.4 is 0 Å². The SMILES string of the molecule is CCCCCCCCCCc1ccccc1.[C-]#[O+].[C-]#[O+].[C-]#[O+].[Cr]. The van der Waals surface area contributed by atoms with Gasteiger partial charge in [-0.05, 0) is 18.4 Å². The molecule has 0 aliphatic carbocycles. The predicted octanol–water partition coefficient (Wildman–Crippen LogP) is 5.25. The van der Waals surface area contributed by atoms with Gasteiger partial charge in [-0.15, -0.1) is 0 Å². The Labute approximate surface area is 152 Å². The predicted molar refractivity (Wildman–Crippen MR) is 84.5 cm³/mol. The monoisotopic (exact) mass is 354 g/mol. The van der Waals surface area contributed by atoms with Crippen LogP contribution in [0.25, 0.3) is 0 Å². The maximum Gasteiger partial charge on any atom is 0 e. The third kappa shape index (κ3) is 26.2. The van der Waals surface area contributed by atoms with Crippen LogP contribution in [0.15, 0.2) is 30.3 Å². The molecule has 0 aliphatic rings. The summed E-state index contributed by atoms with van der Waals surface area (Å²) in [5.74, 6) is 0. The molecule has 0 aromatic heterocycles. The molecule has 1 aromatic rings. The van der Waals surface area contributed by atoms with Crippen molar-refractivity contribution in [2.45, 2.75) is 64.7 Å². The Bertz CT molecular complexity index is 344. The third-order valence-corrected chi connectivity index (χ3v) is 3.16. The zero-order valence-corrected chi connectivity index (χ0v) is 15.2. The van der Waals surface area contributed by atoms with E-state index in [1.807, 2.05) is 0 Å². The summed E-state index contributed by atoms with van der Waals surface area (Å²) in [5.41, 5.74) is 1.49. The van der Waals surface area contributed by atoms with E-state index in [9.17, 15) is 0 Å². The van der Waals surface area contributed by atoms with Crippen molar-refractivity contribution >= 4 is 0 Å². The summed E-state index contributed by atoms with van der Waals surface area (Å²) in [4.78, 5) is 0. The quantitative estimate of drug-likeness (QED) is 0.330. The second-order valence-electron chi connectivity index (χ2n) is 4.71. The summed E-state index contributed by atoms with van der Waals surface area (Å²) in [7, 11) is 0. The van der Waals surface area contributed by atoms with Gasteiger partial charge < -0.3 is 0 Å². The molecule has 0 amide bonds. The summed E-state index contributed by atoms with van der Waals surface area (Å²) in [6.45, 7) is 15.8. The molecule has 0 saturated heterocycles. The van der Waals surface area contributed by atoms with Gasteiger partial charge in [0.1, 0.15) is 0 Å². The van der Waals surface area contributed by atoms with E-state index in [-0.39, 0.29) is 17.4 Å². The number of hydrogen-bond donors (Lipinski definition) is 0. The molecule has 0 aliphatic heterocycles. The molecule has 1 rings (SSSR count). The first-order valence-electron chi connectivity index (χ1n) is 7.58. The third-order valence-electron chi connectivity index (χ3n) is 3.16. The fraction of sp³-hybridized carbons (Fsp3) is 0.526. The van der Waals surface area contributed by atoms with Gasteiger partial charge in [-0.3, -0.25) is 0 Å². The van der Waals surface area contributed by atoms with Gasteiger partial charge >= 0.3 is 33.9 Å². The van der Waals surface area contributed by atoms with Crippen LogP contribution in [0.1, 0.15) is 63.9 Å². The van der Waals surface area contributed by atoms with Gasteiger partial charge in [0, 0.05) is 17.4 Å². The molecule has 23 heavy (non-hydrogen) atoms. The largest absolute Gasteiger partial charge is 0 e. The zero-order chi connectivity index (χ0) is 17.5. The molecule has 1 aromatic carbocycles. The molecule has 0 saturated carbocycles. The van der Waals surface area contributed by atoms with Crippen LogP contribution in [-0.2, 0) is 37.7 Å². The van der Waals surface area contributed by atoms with Crippen LogP contribution in [0.5, 0.6) is 0 Å². The molecule has 0 N–H and O–H groups in total. The van der Waals surface area contributed by atoms with Crippen molar-refractivity contribution in [3.8, 4) is 0 Å². The maximum atomic E-state index is 7.50. The summed E-state index contributed by atoms with van der Waals surface area (Å²) < 4.78 is 22.5. The van der Waals surface area contributed by atoms with Crippen molar-refractivity contribution in [3.63, 3.8) is 0 Å². The Morgan fingerprint density at radius 1 is 0.652 bits per heavy atom. The smallest absolute Gasteiger partial charge is 0 e. The van der Waals surface area contributed by atoms with Gasteiger partial charge in [-0.1, -0.05) is 82.2 Å². The molecule has 0 radical (unpaired) electrons. The fourth-order valence-electron chi connectivity index (χ4n) is 2.11. The minimum Gasteiger partial charge on any atom is 0 e. The summed E-state index contributed by atoms with van der Waals surface area (Å²) in [6, 6.07) is 10.8. The van der Waals surface area contributed by atoms with E-state index in [0.717, 1.165) is 0 Å². The van der Waals surface area contributed by atoms with Crippen molar-refractivity contribution in [2.24, 2.45) is 0 Å². The van der Waals surface area contributed by atoms with E-state index >= 15 is 0 Å². The number of benzene rings is 1. The van der Waals surface area contributed by atoms with Crippen LogP contribution >= 0.6 is 0 Å². The molecule has 0 unspecified atom stereocenters. The first-order chi connectivity index (χ1) is 10.9. The molecule has 0 bridgehead atoms. The first kappa shape index (κ1) is 29.9. The molecule has 0 spiro atoms. The number of rotatable bonds is 9. The standard InChI is InChI=1S/C16H26.3CO.Cr/c1-2-3-4-5-6-7-8-10-13-16-14-11-9-12-15-16;3*1-2;/h9,11-12,14-15H,2-8,10,13H2,1H3;;;;. The Morgan fingerprint density at radius 3 is 1.48 bits per heavy atom. The molecule has 0 fully saturated rings. The van der Waals surface area contributed by atoms with E-state index in [4.69, 9.17) is 14.0 Å². The molecular weight excluding hydrogens is 328 g/mol. The molecule has 126 valence electrons. The normalized spacial score (nSPS) is 7.61. The van der Waals surface area contributed by atoms with Crippen LogP contribution in [-0.4, -0.2) is 0 Å². The zero-order valence-electron chi connectivity index (χ0n) is 13.9. The first-order valence-corrected chi connectivity index (χ1v) is 7.58. The Balaban J connectivity index is -0.000000231. The fourth-order valence-corrected chi connectivity index (χ4v) is 2.11. The molecule has 0 atom stereocenters. The minimum absolute atomic E-state index is 0. The van der Waals surface area contributed by atoms with Gasteiger partial charge in [-0.25, -0.2) is 0 Å². The van der Waals surface area contributed by atoms with E-state index in [1.54, 1.807) is 0 Å². The number of hydrogen-bond acceptors (Lipinski definition) is 0. The van der Waals surface area contributed by atoms with Gasteiger partial charge in [0.15, 0.2) is 0 Å². The van der Waals surface area contributed by atoms with Gasteiger partial charge in [0.05, 0.1) is 0 Å². The topological polar surface area (TPSA) is 59.7 Å². The molecular formula is C19H26CrO3. The molecule has 3 nitrogen and oxygen atoms in total. The average molecular weight is 354 g/mol. The van der Waals surface area contributed by atoms with Crippen molar-refractivity contribution in [1.29, 1.82) is 0 Å².